The van der Waals surface area contributed by atoms with Crippen LogP contribution in [-0.4, -0.2) is 96.7 Å². The van der Waals surface area contributed by atoms with Crippen molar-refractivity contribution in [2.75, 3.05) is 39.6 Å². The normalized spacial score (nSPS) is 14.1. The standard InChI is InChI=1S/C71H138O17P2/c1-7-9-11-13-14-15-16-17-18-19-20-23-26-29-32-35-42-48-54-69(74)82-60-67(87-70(75)55-49-43-36-33-30-27-24-21-22-25-28-31-34-40-45-51-63(3)4)62-86-90(79,80)84-58-65(72)57-83-89(77,78)85-61-66(59-81-68(73)53-47-39-12-10-8-2)88-71(76)56-50-44-38-37-41-46-52-64(5)6/h63-67,72H,7-62H2,1-6H3,(H,77,78)(H,79,80)/t65-,66+,67+/m0/s1. The van der Waals surface area contributed by atoms with E-state index in [4.69, 9.17) is 37.0 Å². The van der Waals surface area contributed by atoms with Crippen LogP contribution in [0.2, 0.25) is 0 Å². The first-order chi connectivity index (χ1) is 43.4. The summed E-state index contributed by atoms with van der Waals surface area (Å²) in [6.07, 6.45) is 49.3. The molecule has 0 aliphatic heterocycles. The zero-order valence-corrected chi connectivity index (χ0v) is 60.2. The molecule has 5 atom stereocenters. The first-order valence-corrected chi connectivity index (χ1v) is 40.0. The van der Waals surface area contributed by atoms with Crippen LogP contribution < -0.4 is 0 Å². The number of carbonyl (C=O) groups is 4. The number of phosphoric acid groups is 2. The summed E-state index contributed by atoms with van der Waals surface area (Å²) in [5, 5.41) is 10.6. The Kier molecular flexibility index (Phi) is 61.8. The van der Waals surface area contributed by atoms with Gasteiger partial charge in [-0.05, 0) is 37.5 Å². The maximum atomic E-state index is 13.0. The number of unbranched alkanes of at least 4 members (excludes halogenated alkanes) is 40. The lowest BCUT2D eigenvalue weighted by atomic mass is 10.0. The molecule has 0 aliphatic rings. The average Bonchev–Trinajstić information content (AvgIpc) is 3.71. The minimum atomic E-state index is -4.95. The molecular weight excluding hydrogens is 1190 g/mol. The molecule has 0 amide bonds. The largest absolute Gasteiger partial charge is 0.472 e. The number of ether oxygens (including phenoxy) is 4. The number of hydrogen-bond donors (Lipinski definition) is 3. The van der Waals surface area contributed by atoms with E-state index in [-0.39, 0.29) is 25.7 Å². The second-order valence-electron chi connectivity index (χ2n) is 26.6. The molecule has 0 aromatic rings. The van der Waals surface area contributed by atoms with Crippen LogP contribution in [0.3, 0.4) is 0 Å². The number of esters is 4. The van der Waals surface area contributed by atoms with E-state index in [1.54, 1.807) is 0 Å². The second-order valence-corrected chi connectivity index (χ2v) is 29.5. The maximum Gasteiger partial charge on any atom is 0.472 e. The first kappa shape index (κ1) is 88.1. The van der Waals surface area contributed by atoms with Crippen molar-refractivity contribution in [1.29, 1.82) is 0 Å². The third-order valence-corrected chi connectivity index (χ3v) is 18.4. The fourth-order valence-electron chi connectivity index (χ4n) is 10.8. The fraction of sp³-hybridized carbons (Fsp3) is 0.944. The van der Waals surface area contributed by atoms with Gasteiger partial charge in [-0.25, -0.2) is 9.13 Å². The van der Waals surface area contributed by atoms with Gasteiger partial charge in [0.1, 0.15) is 19.3 Å². The number of aliphatic hydroxyl groups is 1. The molecule has 90 heavy (non-hydrogen) atoms. The summed E-state index contributed by atoms with van der Waals surface area (Å²) in [6, 6.07) is 0. The highest BCUT2D eigenvalue weighted by Gasteiger charge is 2.30. The third-order valence-electron chi connectivity index (χ3n) is 16.5. The van der Waals surface area contributed by atoms with Gasteiger partial charge in [0.05, 0.1) is 26.4 Å². The van der Waals surface area contributed by atoms with Crippen molar-refractivity contribution in [3.8, 4) is 0 Å². The van der Waals surface area contributed by atoms with Crippen LogP contribution in [-0.2, 0) is 65.4 Å². The Morgan fingerprint density at radius 1 is 0.300 bits per heavy atom. The fourth-order valence-corrected chi connectivity index (χ4v) is 12.3. The Morgan fingerprint density at radius 3 is 0.756 bits per heavy atom. The summed E-state index contributed by atoms with van der Waals surface area (Å²) in [4.78, 5) is 72.2. The van der Waals surface area contributed by atoms with Gasteiger partial charge < -0.3 is 33.8 Å². The molecule has 17 nitrogen and oxygen atoms in total. The molecule has 2 unspecified atom stereocenters. The molecule has 0 fully saturated rings. The van der Waals surface area contributed by atoms with Gasteiger partial charge in [-0.3, -0.25) is 37.3 Å². The van der Waals surface area contributed by atoms with E-state index >= 15 is 0 Å². The molecule has 0 aliphatic carbocycles. The minimum absolute atomic E-state index is 0.101. The van der Waals surface area contributed by atoms with Crippen molar-refractivity contribution in [2.24, 2.45) is 11.8 Å². The van der Waals surface area contributed by atoms with E-state index in [2.05, 4.69) is 41.5 Å². The Labute approximate surface area is 549 Å². The highest BCUT2D eigenvalue weighted by atomic mass is 31.2. The number of rotatable bonds is 70. The number of hydrogen-bond acceptors (Lipinski definition) is 15. The van der Waals surface area contributed by atoms with E-state index in [0.717, 1.165) is 102 Å². The summed E-state index contributed by atoms with van der Waals surface area (Å²) in [5.74, 6) is -0.666. The van der Waals surface area contributed by atoms with Gasteiger partial charge in [0.25, 0.3) is 0 Å². The van der Waals surface area contributed by atoms with Crippen LogP contribution in [0.25, 0.3) is 0 Å². The van der Waals surface area contributed by atoms with Gasteiger partial charge in [0.2, 0.25) is 0 Å². The summed E-state index contributed by atoms with van der Waals surface area (Å²) in [6.45, 7) is 9.40. The lowest BCUT2D eigenvalue weighted by Crippen LogP contribution is -2.30. The van der Waals surface area contributed by atoms with Crippen molar-refractivity contribution < 1.29 is 80.2 Å². The van der Waals surface area contributed by atoms with Gasteiger partial charge in [0.15, 0.2) is 12.2 Å². The predicted molar refractivity (Wildman–Crippen MR) is 363 cm³/mol. The smallest absolute Gasteiger partial charge is 0.462 e. The molecule has 0 aromatic carbocycles. The van der Waals surface area contributed by atoms with Gasteiger partial charge in [-0.15, -0.1) is 0 Å². The Balaban J connectivity index is 5.13. The van der Waals surface area contributed by atoms with E-state index in [0.29, 0.717) is 31.6 Å². The van der Waals surface area contributed by atoms with E-state index in [1.165, 1.54) is 173 Å². The molecule has 0 saturated heterocycles. The summed E-state index contributed by atoms with van der Waals surface area (Å²) < 4.78 is 68.0. The van der Waals surface area contributed by atoms with Crippen molar-refractivity contribution >= 4 is 39.5 Å². The quantitative estimate of drug-likeness (QED) is 0.0222. The zero-order chi connectivity index (χ0) is 66.5. The molecular formula is C71H138O17P2. The third kappa shape index (κ3) is 64.8. The molecule has 0 aromatic heterocycles. The lowest BCUT2D eigenvalue weighted by Gasteiger charge is -2.21. The molecule has 19 heteroatoms. The average molecular weight is 1330 g/mol. The molecule has 0 radical (unpaired) electrons. The molecule has 0 spiro atoms. The van der Waals surface area contributed by atoms with Crippen molar-refractivity contribution in [3.63, 3.8) is 0 Å². The Morgan fingerprint density at radius 2 is 0.511 bits per heavy atom. The van der Waals surface area contributed by atoms with Crippen LogP contribution in [0.4, 0.5) is 0 Å². The molecule has 0 bridgehead atoms. The Bertz CT molecular complexity index is 1750. The Hall–Kier alpha value is -1.94. The molecule has 0 saturated carbocycles. The molecule has 534 valence electrons. The number of carbonyl (C=O) groups excluding carboxylic acids is 4. The van der Waals surface area contributed by atoms with Crippen LogP contribution in [0, 0.1) is 11.8 Å². The SMILES string of the molecule is CCCCCCCCCCCCCCCCCCCCC(=O)OC[C@H](COP(=O)(O)OC[C@@H](O)COP(=O)(O)OC[C@@H](COC(=O)CCCCCCC)OC(=O)CCCCCCCCC(C)C)OC(=O)CCCCCCCCCCCCCCCCCC(C)C. The summed E-state index contributed by atoms with van der Waals surface area (Å²) in [5.41, 5.74) is 0. The highest BCUT2D eigenvalue weighted by molar-refractivity contribution is 7.47. The topological polar surface area (TPSA) is 237 Å². The van der Waals surface area contributed by atoms with Crippen LogP contribution in [0.5, 0.6) is 0 Å². The monoisotopic (exact) mass is 1320 g/mol. The van der Waals surface area contributed by atoms with Crippen molar-refractivity contribution in [1.82, 2.24) is 0 Å². The van der Waals surface area contributed by atoms with E-state index < -0.39 is 97.5 Å². The molecule has 0 rings (SSSR count). The van der Waals surface area contributed by atoms with Crippen molar-refractivity contribution in [2.45, 2.75) is 381 Å². The van der Waals surface area contributed by atoms with Crippen LogP contribution in [0.1, 0.15) is 363 Å². The highest BCUT2D eigenvalue weighted by Crippen LogP contribution is 2.45. The zero-order valence-electron chi connectivity index (χ0n) is 58.4. The van der Waals surface area contributed by atoms with E-state index in [9.17, 15) is 43.2 Å². The number of aliphatic hydroxyl groups excluding tert-OH is 1. The summed E-state index contributed by atoms with van der Waals surface area (Å²) >= 11 is 0. The predicted octanol–water partition coefficient (Wildman–Crippen LogP) is 20.4. The lowest BCUT2D eigenvalue weighted by molar-refractivity contribution is -0.161. The second kappa shape index (κ2) is 63.1. The molecule has 0 heterocycles. The maximum absolute atomic E-state index is 13.0. The van der Waals surface area contributed by atoms with Gasteiger partial charge >= 0.3 is 39.5 Å². The van der Waals surface area contributed by atoms with Crippen LogP contribution in [0.15, 0.2) is 0 Å². The summed E-state index contributed by atoms with van der Waals surface area (Å²) in [7, 11) is -9.89. The van der Waals surface area contributed by atoms with E-state index in [1.807, 2.05) is 0 Å². The minimum Gasteiger partial charge on any atom is -0.462 e. The first-order valence-electron chi connectivity index (χ1n) is 37.0. The van der Waals surface area contributed by atoms with Gasteiger partial charge in [-0.2, -0.15) is 0 Å². The number of phosphoric ester groups is 2. The van der Waals surface area contributed by atoms with Gasteiger partial charge in [-0.1, -0.05) is 311 Å². The van der Waals surface area contributed by atoms with Crippen molar-refractivity contribution in [3.05, 3.63) is 0 Å². The van der Waals surface area contributed by atoms with Crippen LogP contribution >= 0.6 is 15.6 Å². The molecule has 3 N–H and O–H groups in total. The van der Waals surface area contributed by atoms with Gasteiger partial charge in [0, 0.05) is 25.7 Å².